The van der Waals surface area contributed by atoms with Crippen LogP contribution in [0.5, 0.6) is 0 Å². The van der Waals surface area contributed by atoms with E-state index in [1.807, 2.05) is 18.2 Å². The smallest absolute Gasteiger partial charge is 0.255 e. The molecule has 1 N–H and O–H groups in total. The van der Waals surface area contributed by atoms with Gasteiger partial charge < -0.3 is 9.80 Å². The lowest BCUT2D eigenvalue weighted by atomic mass is 10.0. The maximum atomic E-state index is 14.3. The van der Waals surface area contributed by atoms with E-state index in [4.69, 9.17) is 5.26 Å². The van der Waals surface area contributed by atoms with Crippen LogP contribution in [0.25, 0.3) is 0 Å². The summed E-state index contributed by atoms with van der Waals surface area (Å²) in [6.45, 7) is 4.90. The van der Waals surface area contributed by atoms with E-state index in [-0.39, 0.29) is 30.0 Å². The van der Waals surface area contributed by atoms with Gasteiger partial charge in [0.25, 0.3) is 5.91 Å². The number of piperidine rings is 1. The molecule has 2 fully saturated rings. The minimum absolute atomic E-state index is 0.125. The number of unbranched alkanes of at least 4 members (excludes halogenated alkanes) is 4. The summed E-state index contributed by atoms with van der Waals surface area (Å²) in [6.07, 6.45) is 6.43. The molecule has 5 rings (SSSR count). The monoisotopic (exact) mass is 577 g/mol. The molecule has 41 heavy (non-hydrogen) atoms. The third-order valence-electron chi connectivity index (χ3n) is 8.21. The Morgan fingerprint density at radius 2 is 1.78 bits per heavy atom. The summed E-state index contributed by atoms with van der Waals surface area (Å²) in [5.74, 6) is -0.118. The first kappa shape index (κ1) is 29.1. The Labute approximate surface area is 244 Å². The van der Waals surface area contributed by atoms with Crippen LogP contribution in [0, 0.1) is 17.1 Å². The van der Waals surface area contributed by atoms with Gasteiger partial charge >= 0.3 is 0 Å². The van der Waals surface area contributed by atoms with Gasteiger partial charge in [0.15, 0.2) is 0 Å². The van der Waals surface area contributed by atoms with Gasteiger partial charge in [-0.2, -0.15) is 5.26 Å². The summed E-state index contributed by atoms with van der Waals surface area (Å²) in [5, 5.41) is 11.3. The van der Waals surface area contributed by atoms with Crippen LogP contribution < -0.4 is 10.2 Å². The van der Waals surface area contributed by atoms with Gasteiger partial charge in [0, 0.05) is 49.6 Å². The van der Waals surface area contributed by atoms with Crippen LogP contribution >= 0.6 is 11.8 Å². The maximum absolute atomic E-state index is 14.3. The van der Waals surface area contributed by atoms with Gasteiger partial charge in [-0.05, 0) is 67.5 Å². The summed E-state index contributed by atoms with van der Waals surface area (Å²) in [6, 6.07) is 11.9. The van der Waals surface area contributed by atoms with E-state index in [1.54, 1.807) is 28.8 Å². The number of imide groups is 1. The van der Waals surface area contributed by atoms with Crippen LogP contribution in [-0.4, -0.2) is 72.0 Å². The number of hydrogen-bond acceptors (Lipinski definition) is 7. The second-order valence-corrected chi connectivity index (χ2v) is 12.0. The lowest BCUT2D eigenvalue weighted by Gasteiger charge is -2.36. The molecule has 216 valence electrons. The fourth-order valence-electron chi connectivity index (χ4n) is 5.89. The van der Waals surface area contributed by atoms with Gasteiger partial charge in [0.2, 0.25) is 11.8 Å². The molecule has 3 aliphatic heterocycles. The highest BCUT2D eigenvalue weighted by molar-refractivity contribution is 7.99. The molecule has 2 aromatic rings. The normalized spacial score (nSPS) is 19.3. The number of benzene rings is 2. The van der Waals surface area contributed by atoms with Gasteiger partial charge in [0.1, 0.15) is 11.9 Å². The van der Waals surface area contributed by atoms with Crippen molar-refractivity contribution in [1.82, 2.24) is 15.1 Å². The fraction of sp³-hybridized carbons (Fsp3) is 0.484. The van der Waals surface area contributed by atoms with Crippen LogP contribution in [0.3, 0.4) is 0 Å². The van der Waals surface area contributed by atoms with Crippen molar-refractivity contribution in [2.45, 2.75) is 62.4 Å². The number of rotatable bonds is 11. The number of piperazine rings is 1. The first-order valence-corrected chi connectivity index (χ1v) is 15.5. The molecule has 8 nitrogen and oxygen atoms in total. The van der Waals surface area contributed by atoms with Crippen molar-refractivity contribution in [2.24, 2.45) is 0 Å². The van der Waals surface area contributed by atoms with Gasteiger partial charge in [0.05, 0.1) is 17.3 Å². The molecule has 0 bridgehead atoms. The Kier molecular flexibility index (Phi) is 9.57. The molecule has 3 aliphatic rings. The van der Waals surface area contributed by atoms with Crippen molar-refractivity contribution >= 4 is 35.2 Å². The molecule has 0 aromatic heterocycles. The Hall–Kier alpha value is -3.42. The number of carbonyl (C=O) groups is 3. The quantitative estimate of drug-likeness (QED) is 0.241. The molecular formula is C31H36FN5O3S. The van der Waals surface area contributed by atoms with Crippen LogP contribution in [0.2, 0.25) is 0 Å². The molecule has 3 heterocycles. The average molecular weight is 578 g/mol. The highest BCUT2D eigenvalue weighted by Gasteiger charge is 2.39. The molecule has 2 saturated heterocycles. The van der Waals surface area contributed by atoms with E-state index in [2.05, 4.69) is 21.2 Å². The SMILES string of the molecule is N#Cc1ccc(N2CCN(CCCCCCCSc3cccc4c3CN(C3CCC(=O)NC3=O)C4=O)CC2)c(F)c1. The number of nitriles is 1. The second-order valence-electron chi connectivity index (χ2n) is 10.9. The third kappa shape index (κ3) is 6.91. The van der Waals surface area contributed by atoms with E-state index in [9.17, 15) is 18.8 Å². The maximum Gasteiger partial charge on any atom is 0.255 e. The number of thioether (sulfide) groups is 1. The number of nitrogens with zero attached hydrogens (tertiary/aromatic N) is 4. The second kappa shape index (κ2) is 13.5. The number of carbonyl (C=O) groups excluding carboxylic acids is 3. The molecule has 0 spiro atoms. The topological polar surface area (TPSA) is 96.8 Å². The molecule has 1 atom stereocenters. The minimum atomic E-state index is -0.583. The number of anilines is 1. The van der Waals surface area contributed by atoms with E-state index in [0.29, 0.717) is 29.8 Å². The van der Waals surface area contributed by atoms with Gasteiger partial charge in [-0.3, -0.25) is 24.6 Å². The Bertz CT molecular complexity index is 1340. The predicted molar refractivity (Wildman–Crippen MR) is 156 cm³/mol. The number of hydrogen-bond donors (Lipinski definition) is 1. The predicted octanol–water partition coefficient (Wildman–Crippen LogP) is 4.32. The summed E-state index contributed by atoms with van der Waals surface area (Å²) in [7, 11) is 0. The van der Waals surface area contributed by atoms with Crippen molar-refractivity contribution in [1.29, 1.82) is 5.26 Å². The zero-order valence-electron chi connectivity index (χ0n) is 23.2. The number of fused-ring (bicyclic) bond motifs is 1. The first-order valence-electron chi connectivity index (χ1n) is 14.5. The van der Waals surface area contributed by atoms with Gasteiger partial charge in [-0.25, -0.2) is 4.39 Å². The van der Waals surface area contributed by atoms with Gasteiger partial charge in [-0.1, -0.05) is 25.3 Å². The summed E-state index contributed by atoms with van der Waals surface area (Å²) < 4.78 is 14.3. The van der Waals surface area contributed by atoms with Crippen LogP contribution in [0.15, 0.2) is 41.3 Å². The molecule has 0 aliphatic carbocycles. The molecule has 1 unspecified atom stereocenters. The third-order valence-corrected chi connectivity index (χ3v) is 9.39. The van der Waals surface area contributed by atoms with Crippen LogP contribution in [-0.2, 0) is 16.1 Å². The largest absolute Gasteiger partial charge is 0.367 e. The number of nitrogens with one attached hydrogen (secondary N) is 1. The van der Waals surface area contributed by atoms with Gasteiger partial charge in [-0.15, -0.1) is 11.8 Å². The molecule has 0 saturated carbocycles. The Morgan fingerprint density at radius 1 is 1.00 bits per heavy atom. The minimum Gasteiger partial charge on any atom is -0.367 e. The van der Waals surface area contributed by atoms with Crippen LogP contribution in [0.4, 0.5) is 10.1 Å². The summed E-state index contributed by atoms with van der Waals surface area (Å²) in [4.78, 5) is 44.1. The molecular weight excluding hydrogens is 541 g/mol. The lowest BCUT2D eigenvalue weighted by molar-refractivity contribution is -0.136. The standard InChI is InChI=1S/C31H36FN5O3S/c32-25-19-22(20-33)9-10-26(25)36-16-14-35(15-17-36)13-4-2-1-3-5-18-41-28-8-6-7-23-24(28)21-37(31(23)40)27-11-12-29(38)34-30(27)39/h6-10,19,27H,1-5,11-18,21H2,(H,34,38,39). The lowest BCUT2D eigenvalue weighted by Crippen LogP contribution is -2.52. The van der Waals surface area contributed by atoms with Crippen LogP contribution in [0.1, 0.15) is 66.4 Å². The van der Waals surface area contributed by atoms with Crippen molar-refractivity contribution in [3.63, 3.8) is 0 Å². The highest BCUT2D eigenvalue weighted by Crippen LogP contribution is 2.34. The van der Waals surface area contributed by atoms with Crippen molar-refractivity contribution in [2.75, 3.05) is 43.4 Å². The van der Waals surface area contributed by atoms with E-state index < -0.39 is 6.04 Å². The van der Waals surface area contributed by atoms with E-state index in [0.717, 1.165) is 68.2 Å². The fourth-order valence-corrected chi connectivity index (χ4v) is 6.98. The van der Waals surface area contributed by atoms with E-state index >= 15 is 0 Å². The molecule has 2 aromatic carbocycles. The molecule has 10 heteroatoms. The summed E-state index contributed by atoms with van der Waals surface area (Å²) >= 11 is 1.78. The highest BCUT2D eigenvalue weighted by atomic mass is 32.2. The molecule has 3 amide bonds. The van der Waals surface area contributed by atoms with Crippen molar-refractivity contribution < 1.29 is 18.8 Å². The van der Waals surface area contributed by atoms with Crippen molar-refractivity contribution in [3.05, 3.63) is 58.9 Å². The zero-order chi connectivity index (χ0) is 28.8. The molecule has 0 radical (unpaired) electrons. The zero-order valence-corrected chi connectivity index (χ0v) is 24.1. The Balaban J connectivity index is 0.970. The number of halogens is 1. The average Bonchev–Trinajstić information content (AvgIpc) is 3.31. The first-order chi connectivity index (χ1) is 19.9. The summed E-state index contributed by atoms with van der Waals surface area (Å²) in [5.41, 5.74) is 2.60. The number of amides is 3. The van der Waals surface area contributed by atoms with E-state index in [1.165, 1.54) is 18.9 Å². The van der Waals surface area contributed by atoms with Crippen molar-refractivity contribution in [3.8, 4) is 6.07 Å². The Morgan fingerprint density at radius 3 is 2.54 bits per heavy atom.